The van der Waals surface area contributed by atoms with Crippen molar-refractivity contribution in [1.29, 1.82) is 0 Å². The Morgan fingerprint density at radius 2 is 1.63 bits per heavy atom. The SMILES string of the molecule is O=C(NCC(=O)N1CCN(c2ccccc2)CC1)c1cc([N+](=O)[O-])ccc1Sc1ccccc1F. The van der Waals surface area contributed by atoms with Gasteiger partial charge in [-0.1, -0.05) is 42.1 Å². The lowest BCUT2D eigenvalue weighted by Crippen LogP contribution is -2.51. The Morgan fingerprint density at radius 1 is 0.943 bits per heavy atom. The molecule has 0 saturated carbocycles. The first kappa shape index (κ1) is 24.2. The van der Waals surface area contributed by atoms with Crippen molar-refractivity contribution in [3.05, 3.63) is 94.3 Å². The van der Waals surface area contributed by atoms with Crippen LogP contribution in [0.1, 0.15) is 10.4 Å². The molecule has 3 aromatic rings. The van der Waals surface area contributed by atoms with E-state index in [4.69, 9.17) is 0 Å². The Bertz CT molecular complexity index is 1230. The first-order valence-corrected chi connectivity index (χ1v) is 11.8. The van der Waals surface area contributed by atoms with E-state index in [-0.39, 0.29) is 28.6 Å². The Morgan fingerprint density at radius 3 is 2.31 bits per heavy atom. The zero-order valence-corrected chi connectivity index (χ0v) is 19.5. The molecule has 0 aromatic heterocycles. The first-order chi connectivity index (χ1) is 16.9. The van der Waals surface area contributed by atoms with Gasteiger partial charge in [0.25, 0.3) is 11.6 Å². The number of nitrogens with zero attached hydrogens (tertiary/aromatic N) is 3. The van der Waals surface area contributed by atoms with Crippen molar-refractivity contribution < 1.29 is 18.9 Å². The zero-order valence-electron chi connectivity index (χ0n) is 18.7. The van der Waals surface area contributed by atoms with Gasteiger partial charge in [0.2, 0.25) is 5.91 Å². The van der Waals surface area contributed by atoms with E-state index in [1.165, 1.54) is 18.2 Å². The molecule has 1 saturated heterocycles. The van der Waals surface area contributed by atoms with Gasteiger partial charge in [-0.25, -0.2) is 4.39 Å². The number of anilines is 1. The van der Waals surface area contributed by atoms with Gasteiger partial charge in [-0.2, -0.15) is 0 Å². The molecule has 180 valence electrons. The molecule has 0 bridgehead atoms. The molecule has 10 heteroatoms. The second-order valence-corrected chi connectivity index (χ2v) is 8.94. The van der Waals surface area contributed by atoms with Crippen LogP contribution in [-0.2, 0) is 4.79 Å². The molecule has 0 unspecified atom stereocenters. The van der Waals surface area contributed by atoms with Gasteiger partial charge < -0.3 is 15.1 Å². The van der Waals surface area contributed by atoms with Gasteiger partial charge in [-0.15, -0.1) is 0 Å². The van der Waals surface area contributed by atoms with Crippen LogP contribution in [0.2, 0.25) is 0 Å². The quantitative estimate of drug-likeness (QED) is 0.395. The summed E-state index contributed by atoms with van der Waals surface area (Å²) in [6.07, 6.45) is 0. The number of halogens is 1. The maximum atomic E-state index is 14.1. The number of nitrogens with one attached hydrogen (secondary N) is 1. The lowest BCUT2D eigenvalue weighted by atomic mass is 10.2. The van der Waals surface area contributed by atoms with Crippen LogP contribution in [-0.4, -0.2) is 54.4 Å². The second-order valence-electron chi connectivity index (χ2n) is 7.86. The Hall–Kier alpha value is -3.92. The summed E-state index contributed by atoms with van der Waals surface area (Å²) in [5, 5.41) is 13.8. The van der Waals surface area contributed by atoms with Gasteiger partial charge in [-0.05, 0) is 30.3 Å². The molecule has 0 spiro atoms. The summed E-state index contributed by atoms with van der Waals surface area (Å²) in [7, 11) is 0. The van der Waals surface area contributed by atoms with Crippen LogP contribution >= 0.6 is 11.8 Å². The number of rotatable bonds is 7. The van der Waals surface area contributed by atoms with Crippen LogP contribution < -0.4 is 10.2 Å². The number of amides is 2. The normalized spacial score (nSPS) is 13.4. The van der Waals surface area contributed by atoms with Crippen molar-refractivity contribution in [2.24, 2.45) is 0 Å². The van der Waals surface area contributed by atoms with Gasteiger partial charge >= 0.3 is 0 Å². The number of nitro benzene ring substituents is 1. The smallest absolute Gasteiger partial charge is 0.270 e. The average molecular weight is 495 g/mol. The minimum Gasteiger partial charge on any atom is -0.368 e. The molecule has 3 aromatic carbocycles. The van der Waals surface area contributed by atoms with Crippen molar-refractivity contribution >= 4 is 35.0 Å². The molecule has 1 aliphatic rings. The standard InChI is InChI=1S/C25H23FN4O4S/c26-21-8-4-5-9-23(21)35-22-11-10-19(30(33)34)16-20(22)25(32)27-17-24(31)29-14-12-28(13-15-29)18-6-2-1-3-7-18/h1-11,16H,12-15,17H2,(H,27,32). The summed E-state index contributed by atoms with van der Waals surface area (Å²) >= 11 is 0.991. The average Bonchev–Trinajstić information content (AvgIpc) is 2.89. The van der Waals surface area contributed by atoms with Crippen LogP contribution in [0.3, 0.4) is 0 Å². The lowest BCUT2D eigenvalue weighted by molar-refractivity contribution is -0.384. The van der Waals surface area contributed by atoms with Crippen molar-refractivity contribution in [1.82, 2.24) is 10.2 Å². The third-order valence-corrected chi connectivity index (χ3v) is 6.76. The van der Waals surface area contributed by atoms with Crippen LogP contribution in [0.15, 0.2) is 82.6 Å². The fourth-order valence-corrected chi connectivity index (χ4v) is 4.71. The predicted octanol–water partition coefficient (Wildman–Crippen LogP) is 3.96. The Balaban J connectivity index is 1.40. The monoisotopic (exact) mass is 494 g/mol. The summed E-state index contributed by atoms with van der Waals surface area (Å²) in [4.78, 5) is 40.8. The number of para-hydroxylation sites is 1. The number of hydrogen-bond acceptors (Lipinski definition) is 6. The van der Waals surface area contributed by atoms with Gasteiger partial charge in [0.1, 0.15) is 5.82 Å². The minimum atomic E-state index is -0.635. The van der Waals surface area contributed by atoms with Crippen LogP contribution in [0.25, 0.3) is 0 Å². The number of piperazine rings is 1. The van der Waals surface area contributed by atoms with Crippen molar-refractivity contribution in [3.63, 3.8) is 0 Å². The van der Waals surface area contributed by atoms with Crippen molar-refractivity contribution in [3.8, 4) is 0 Å². The summed E-state index contributed by atoms with van der Waals surface area (Å²) in [5.41, 5.74) is 0.837. The van der Waals surface area contributed by atoms with Crippen LogP contribution in [0, 0.1) is 15.9 Å². The summed E-state index contributed by atoms with van der Waals surface area (Å²) in [6, 6.07) is 19.8. The molecular formula is C25H23FN4O4S. The molecular weight excluding hydrogens is 471 g/mol. The Labute approximate surface area is 205 Å². The first-order valence-electron chi connectivity index (χ1n) is 11.0. The lowest BCUT2D eigenvalue weighted by Gasteiger charge is -2.36. The van der Waals surface area contributed by atoms with E-state index < -0.39 is 16.6 Å². The van der Waals surface area contributed by atoms with Gasteiger partial charge in [0.15, 0.2) is 0 Å². The fourth-order valence-electron chi connectivity index (χ4n) is 3.76. The highest BCUT2D eigenvalue weighted by atomic mass is 32.2. The molecule has 1 fully saturated rings. The molecule has 2 amide bonds. The molecule has 8 nitrogen and oxygen atoms in total. The number of non-ortho nitro benzene ring substituents is 1. The summed E-state index contributed by atoms with van der Waals surface area (Å²) < 4.78 is 14.1. The predicted molar refractivity (Wildman–Crippen MR) is 131 cm³/mol. The van der Waals surface area contributed by atoms with Crippen LogP contribution in [0.5, 0.6) is 0 Å². The molecule has 0 radical (unpaired) electrons. The van der Waals surface area contributed by atoms with E-state index in [0.717, 1.165) is 23.5 Å². The number of carbonyl (C=O) groups excluding carboxylic acids is 2. The molecule has 1 heterocycles. The van der Waals surface area contributed by atoms with Crippen LogP contribution in [0.4, 0.5) is 15.8 Å². The van der Waals surface area contributed by atoms with Gasteiger partial charge in [-0.3, -0.25) is 19.7 Å². The zero-order chi connectivity index (χ0) is 24.8. The van der Waals surface area contributed by atoms with E-state index in [1.54, 1.807) is 23.1 Å². The molecule has 35 heavy (non-hydrogen) atoms. The highest BCUT2D eigenvalue weighted by Gasteiger charge is 2.23. The van der Waals surface area contributed by atoms with E-state index in [1.807, 2.05) is 30.3 Å². The van der Waals surface area contributed by atoms with Gasteiger partial charge in [0.05, 0.1) is 17.0 Å². The number of carbonyl (C=O) groups is 2. The third kappa shape index (κ3) is 5.96. The topological polar surface area (TPSA) is 95.8 Å². The van der Waals surface area contributed by atoms with E-state index in [0.29, 0.717) is 31.1 Å². The molecule has 0 atom stereocenters. The number of hydrogen-bond donors (Lipinski definition) is 1. The van der Waals surface area contributed by atoms with Gasteiger partial charge in [0, 0.05) is 53.8 Å². The molecule has 1 N–H and O–H groups in total. The maximum absolute atomic E-state index is 14.1. The van der Waals surface area contributed by atoms with E-state index in [9.17, 15) is 24.1 Å². The minimum absolute atomic E-state index is 0.00847. The van der Waals surface area contributed by atoms with Crippen molar-refractivity contribution in [2.75, 3.05) is 37.6 Å². The Kier molecular flexibility index (Phi) is 7.61. The maximum Gasteiger partial charge on any atom is 0.270 e. The fraction of sp³-hybridized carbons (Fsp3) is 0.200. The summed E-state index contributed by atoms with van der Waals surface area (Å²) in [5.74, 6) is -1.34. The largest absolute Gasteiger partial charge is 0.368 e. The molecule has 0 aliphatic carbocycles. The number of benzene rings is 3. The van der Waals surface area contributed by atoms with E-state index >= 15 is 0 Å². The molecule has 1 aliphatic heterocycles. The van der Waals surface area contributed by atoms with E-state index in [2.05, 4.69) is 10.2 Å². The number of nitro groups is 1. The highest BCUT2D eigenvalue weighted by molar-refractivity contribution is 7.99. The summed E-state index contributed by atoms with van der Waals surface area (Å²) in [6.45, 7) is 2.16. The third-order valence-electron chi connectivity index (χ3n) is 5.63. The molecule has 4 rings (SSSR count). The highest BCUT2D eigenvalue weighted by Crippen LogP contribution is 2.34. The van der Waals surface area contributed by atoms with Crippen molar-refractivity contribution in [2.45, 2.75) is 9.79 Å². The second kappa shape index (κ2) is 11.0.